The van der Waals surface area contributed by atoms with E-state index >= 15 is 0 Å². The summed E-state index contributed by atoms with van der Waals surface area (Å²) in [5.41, 5.74) is 3.50. The maximum atomic E-state index is 12.6. The van der Waals surface area contributed by atoms with Gasteiger partial charge in [0.2, 0.25) is 0 Å². The fourth-order valence-electron chi connectivity index (χ4n) is 5.04. The van der Waals surface area contributed by atoms with Gasteiger partial charge >= 0.3 is 12.1 Å². The zero-order valence-electron chi connectivity index (χ0n) is 20.6. The van der Waals surface area contributed by atoms with Crippen LogP contribution < -0.4 is 10.2 Å². The summed E-state index contributed by atoms with van der Waals surface area (Å²) < 4.78 is 11.2. The van der Waals surface area contributed by atoms with Crippen LogP contribution in [0, 0.1) is 6.92 Å². The third-order valence-electron chi connectivity index (χ3n) is 7.50. The van der Waals surface area contributed by atoms with Gasteiger partial charge in [0.25, 0.3) is 5.88 Å². The summed E-state index contributed by atoms with van der Waals surface area (Å²) in [6.07, 6.45) is 2.32. The number of amides is 1. The van der Waals surface area contributed by atoms with Crippen molar-refractivity contribution in [3.8, 4) is 0 Å². The standard InChI is InChI=1S/C28H31N3O5/c1-18-24(29-27(34)35-19(2)20-6-4-3-5-7-20)25(36-30-18)31-16-12-22(13-17-31)21-8-10-23(11-9-21)28(14-15-28)26(32)33/h3-11,19,22H,12-17H2,1-2H3,(H,29,34)(H,32,33)/t19-/m1/s1. The molecule has 8 nitrogen and oxygen atoms in total. The van der Waals surface area contributed by atoms with Gasteiger partial charge in [0.05, 0.1) is 5.41 Å². The normalized spacial score (nSPS) is 17.9. The molecule has 1 atom stereocenters. The number of piperidine rings is 1. The van der Waals surface area contributed by atoms with Crippen molar-refractivity contribution in [3.63, 3.8) is 0 Å². The average Bonchev–Trinajstić information content (AvgIpc) is 3.64. The van der Waals surface area contributed by atoms with Crippen LogP contribution in [0.5, 0.6) is 0 Å². The molecule has 1 aliphatic heterocycles. The predicted molar refractivity (Wildman–Crippen MR) is 135 cm³/mol. The number of hydrogen-bond donors (Lipinski definition) is 2. The number of aryl methyl sites for hydroxylation is 1. The van der Waals surface area contributed by atoms with Gasteiger partial charge in [-0.3, -0.25) is 10.1 Å². The van der Waals surface area contributed by atoms with Crippen LogP contribution in [0.2, 0.25) is 0 Å². The molecule has 0 unspecified atom stereocenters. The summed E-state index contributed by atoms with van der Waals surface area (Å²) in [4.78, 5) is 26.3. The molecule has 2 aliphatic rings. The van der Waals surface area contributed by atoms with Gasteiger partial charge in [-0.05, 0) is 62.1 Å². The molecule has 2 N–H and O–H groups in total. The molecule has 1 amide bonds. The Bertz CT molecular complexity index is 1230. The molecule has 8 heteroatoms. The number of nitrogens with zero attached hydrogens (tertiary/aromatic N) is 2. The maximum Gasteiger partial charge on any atom is 0.412 e. The summed E-state index contributed by atoms with van der Waals surface area (Å²) in [6, 6.07) is 17.7. The van der Waals surface area contributed by atoms with Crippen LogP contribution in [0.3, 0.4) is 0 Å². The number of ether oxygens (including phenoxy) is 1. The Hall–Kier alpha value is -3.81. The van der Waals surface area contributed by atoms with Crippen molar-refractivity contribution in [2.45, 2.75) is 57.0 Å². The Labute approximate surface area is 210 Å². The quantitative estimate of drug-likeness (QED) is 0.433. The van der Waals surface area contributed by atoms with Gasteiger partial charge in [0.1, 0.15) is 17.5 Å². The number of carboxylic acid groups (broad SMARTS) is 1. The highest BCUT2D eigenvalue weighted by molar-refractivity contribution is 5.89. The van der Waals surface area contributed by atoms with Crippen molar-refractivity contribution in [1.82, 2.24) is 5.16 Å². The van der Waals surface area contributed by atoms with E-state index in [1.165, 1.54) is 5.56 Å². The third kappa shape index (κ3) is 4.67. The lowest BCUT2D eigenvalue weighted by molar-refractivity contribution is -0.140. The Balaban J connectivity index is 1.20. The molecular weight excluding hydrogens is 458 g/mol. The van der Waals surface area contributed by atoms with E-state index in [1.54, 1.807) is 6.92 Å². The highest BCUT2D eigenvalue weighted by Crippen LogP contribution is 2.48. The van der Waals surface area contributed by atoms with Crippen molar-refractivity contribution >= 4 is 23.6 Å². The molecular formula is C28H31N3O5. The molecule has 2 aromatic carbocycles. The molecule has 2 heterocycles. The number of nitrogens with one attached hydrogen (secondary N) is 1. The topological polar surface area (TPSA) is 105 Å². The van der Waals surface area contributed by atoms with Crippen LogP contribution in [0.1, 0.15) is 67.0 Å². The van der Waals surface area contributed by atoms with Crippen LogP contribution in [-0.4, -0.2) is 35.4 Å². The van der Waals surface area contributed by atoms with Gasteiger partial charge in [0.15, 0.2) is 0 Å². The lowest BCUT2D eigenvalue weighted by Gasteiger charge is -2.32. The molecule has 2 fully saturated rings. The number of carbonyl (C=O) groups excluding carboxylic acids is 1. The maximum absolute atomic E-state index is 12.6. The second-order valence-corrected chi connectivity index (χ2v) is 9.80. The molecule has 0 bridgehead atoms. The minimum Gasteiger partial charge on any atom is -0.481 e. The molecule has 1 aromatic heterocycles. The average molecular weight is 490 g/mol. The monoisotopic (exact) mass is 489 g/mol. The Morgan fingerprint density at radius 2 is 1.78 bits per heavy atom. The summed E-state index contributed by atoms with van der Waals surface area (Å²) >= 11 is 0. The van der Waals surface area contributed by atoms with Crippen molar-refractivity contribution in [1.29, 1.82) is 0 Å². The molecule has 1 aliphatic carbocycles. The smallest absolute Gasteiger partial charge is 0.412 e. The van der Waals surface area contributed by atoms with Gasteiger partial charge in [-0.2, -0.15) is 0 Å². The summed E-state index contributed by atoms with van der Waals surface area (Å²) in [6.45, 7) is 5.13. The molecule has 188 valence electrons. The number of benzene rings is 2. The first kappa shape index (κ1) is 23.9. The second-order valence-electron chi connectivity index (χ2n) is 9.80. The minimum atomic E-state index is -0.728. The lowest BCUT2D eigenvalue weighted by Crippen LogP contribution is -2.33. The third-order valence-corrected chi connectivity index (χ3v) is 7.50. The first-order valence-electron chi connectivity index (χ1n) is 12.4. The van der Waals surface area contributed by atoms with E-state index in [-0.39, 0.29) is 6.10 Å². The van der Waals surface area contributed by atoms with Crippen LogP contribution in [-0.2, 0) is 14.9 Å². The molecule has 0 radical (unpaired) electrons. The summed E-state index contributed by atoms with van der Waals surface area (Å²) in [5.74, 6) is 0.198. The summed E-state index contributed by atoms with van der Waals surface area (Å²) in [7, 11) is 0. The highest BCUT2D eigenvalue weighted by atomic mass is 16.6. The van der Waals surface area contributed by atoms with Crippen molar-refractivity contribution < 1.29 is 24.0 Å². The zero-order chi connectivity index (χ0) is 25.3. The van der Waals surface area contributed by atoms with E-state index < -0.39 is 17.5 Å². The number of aliphatic carboxylic acids is 1. The number of anilines is 2. The van der Waals surface area contributed by atoms with Gasteiger partial charge in [-0.15, -0.1) is 0 Å². The molecule has 36 heavy (non-hydrogen) atoms. The number of hydrogen-bond acceptors (Lipinski definition) is 6. The minimum absolute atomic E-state index is 0.382. The number of carbonyl (C=O) groups is 2. The second kappa shape index (κ2) is 9.68. The van der Waals surface area contributed by atoms with Crippen LogP contribution in [0.4, 0.5) is 16.4 Å². The Morgan fingerprint density at radius 1 is 1.11 bits per heavy atom. The molecule has 5 rings (SSSR count). The van der Waals surface area contributed by atoms with Crippen molar-refractivity contribution in [3.05, 3.63) is 77.0 Å². The zero-order valence-corrected chi connectivity index (χ0v) is 20.6. The van der Waals surface area contributed by atoms with E-state index in [1.807, 2.05) is 49.4 Å². The molecule has 0 spiro atoms. The fraction of sp³-hybridized carbons (Fsp3) is 0.393. The van der Waals surface area contributed by atoms with E-state index in [9.17, 15) is 14.7 Å². The largest absolute Gasteiger partial charge is 0.481 e. The summed E-state index contributed by atoms with van der Waals surface area (Å²) in [5, 5.41) is 16.4. The predicted octanol–water partition coefficient (Wildman–Crippen LogP) is 5.79. The van der Waals surface area contributed by atoms with Crippen LogP contribution in [0.25, 0.3) is 0 Å². The van der Waals surface area contributed by atoms with Crippen molar-refractivity contribution in [2.24, 2.45) is 0 Å². The van der Waals surface area contributed by atoms with Crippen LogP contribution in [0.15, 0.2) is 59.1 Å². The molecule has 1 saturated heterocycles. The highest BCUT2D eigenvalue weighted by Gasteiger charge is 2.51. The van der Waals surface area contributed by atoms with Crippen molar-refractivity contribution in [2.75, 3.05) is 23.3 Å². The van der Waals surface area contributed by atoms with Gasteiger partial charge in [-0.25, -0.2) is 4.79 Å². The van der Waals surface area contributed by atoms with E-state index in [0.29, 0.717) is 36.0 Å². The van der Waals surface area contributed by atoms with Gasteiger partial charge < -0.3 is 19.3 Å². The first-order chi connectivity index (χ1) is 17.4. The number of rotatable bonds is 7. The molecule has 1 saturated carbocycles. The Kier molecular flexibility index (Phi) is 6.43. The van der Waals surface area contributed by atoms with Crippen LogP contribution >= 0.6 is 0 Å². The Morgan fingerprint density at radius 3 is 2.39 bits per heavy atom. The molecule has 3 aromatic rings. The van der Waals surface area contributed by atoms with Gasteiger partial charge in [-0.1, -0.05) is 59.8 Å². The SMILES string of the molecule is Cc1noc(N2CCC(c3ccc(C4(C(=O)O)CC4)cc3)CC2)c1NC(=O)O[C@H](C)c1ccccc1. The number of aromatic nitrogens is 1. The van der Waals surface area contributed by atoms with Gasteiger partial charge in [0, 0.05) is 13.1 Å². The fourth-order valence-corrected chi connectivity index (χ4v) is 5.04. The number of carboxylic acids is 1. The first-order valence-corrected chi connectivity index (χ1v) is 12.4. The van der Waals surface area contributed by atoms with E-state index in [0.717, 1.165) is 37.1 Å². The van der Waals surface area contributed by atoms with E-state index in [2.05, 4.69) is 27.5 Å². The van der Waals surface area contributed by atoms with E-state index in [4.69, 9.17) is 9.26 Å². The lowest BCUT2D eigenvalue weighted by atomic mass is 9.87.